The first-order chi connectivity index (χ1) is 3.12. The van der Waals surface area contributed by atoms with Gasteiger partial charge in [0.15, 0.2) is 0 Å². The Hall–Kier alpha value is -0.450. The van der Waals surface area contributed by atoms with Gasteiger partial charge in [-0.25, -0.2) is 4.79 Å². The van der Waals surface area contributed by atoms with Crippen LogP contribution in [0.5, 0.6) is 0 Å². The quantitative estimate of drug-likeness (QED) is 0.221. The summed E-state index contributed by atoms with van der Waals surface area (Å²) in [6.07, 6.45) is 0.0417. The second kappa shape index (κ2) is 2.02. The molecule has 0 fully saturated rings. The summed E-state index contributed by atoms with van der Waals surface area (Å²) in [7, 11) is 0. The van der Waals surface area contributed by atoms with Gasteiger partial charge in [0, 0.05) is 4.81 Å². The van der Waals surface area contributed by atoms with Crippen LogP contribution >= 0.6 is 0 Å². The van der Waals surface area contributed by atoms with Crippen LogP contribution in [0.3, 0.4) is 0 Å². The molecule has 1 amide bonds. The fourth-order valence-corrected chi connectivity index (χ4v) is 0.0745. The van der Waals surface area contributed by atoms with Crippen molar-refractivity contribution in [3.63, 3.8) is 0 Å². The van der Waals surface area contributed by atoms with Crippen LogP contribution in [0, 0.1) is 0 Å². The fraction of sp³-hybridized carbons (Fsp3) is 0.667. The minimum Gasteiger partial charge on any atom is -0.227 e. The van der Waals surface area contributed by atoms with E-state index in [0.717, 1.165) is 0 Å². The third-order valence-corrected chi connectivity index (χ3v) is 0.634. The summed E-state index contributed by atoms with van der Waals surface area (Å²) in [5, 5.41) is 16.5. The molecule has 7 heavy (non-hydrogen) atoms. The number of hydrogen-bond acceptors (Lipinski definition) is 3. The molecular weight excluding hydrogens is 98.0 g/mol. The highest BCUT2D eigenvalue weighted by Gasteiger charge is 2.16. The highest BCUT2D eigenvalue weighted by molar-refractivity contribution is 5.34. The van der Waals surface area contributed by atoms with E-state index in [9.17, 15) is 4.79 Å². The number of nitrogens with zero attached hydrogens (tertiary/aromatic N) is 1. The van der Waals surface area contributed by atoms with Gasteiger partial charge in [-0.3, -0.25) is 0 Å². The molecule has 0 saturated heterocycles. The largest absolute Gasteiger partial charge is 0.366 e. The Balaban J connectivity index is 3.58. The molecule has 0 aromatic carbocycles. The fourth-order valence-electron chi connectivity index (χ4n) is 0.0745. The molecule has 0 aliphatic carbocycles. The molecule has 0 spiro atoms. The van der Waals surface area contributed by atoms with Gasteiger partial charge >= 0.3 is 6.41 Å². The zero-order valence-electron chi connectivity index (χ0n) is 4.03. The summed E-state index contributed by atoms with van der Waals surface area (Å²) in [5.74, 6) is 0. The molecule has 0 bridgehead atoms. The van der Waals surface area contributed by atoms with Crippen molar-refractivity contribution >= 4 is 6.41 Å². The van der Waals surface area contributed by atoms with Gasteiger partial charge in [0.2, 0.25) is 0 Å². The monoisotopic (exact) mass is 106 g/mol. The minimum atomic E-state index is -1.54. The van der Waals surface area contributed by atoms with Crippen molar-refractivity contribution in [3.8, 4) is 0 Å². The van der Waals surface area contributed by atoms with Gasteiger partial charge in [-0.2, -0.15) is 10.4 Å². The lowest BCUT2D eigenvalue weighted by Gasteiger charge is -2.07. The number of amides is 1. The maximum absolute atomic E-state index is 9.53. The molecule has 0 atom stereocenters. The van der Waals surface area contributed by atoms with Gasteiger partial charge < -0.3 is 0 Å². The van der Waals surface area contributed by atoms with E-state index >= 15 is 0 Å². The Labute approximate surface area is 41.1 Å². The van der Waals surface area contributed by atoms with Crippen molar-refractivity contribution in [2.24, 2.45) is 0 Å². The van der Waals surface area contributed by atoms with Gasteiger partial charge in [0.25, 0.3) is 0 Å². The molecule has 4 heteroatoms. The molecular formula is C3H8NO3+. The lowest BCUT2D eigenvalue weighted by molar-refractivity contribution is -1.18. The van der Waals surface area contributed by atoms with Crippen molar-refractivity contribution < 1.29 is 20.0 Å². The van der Waals surface area contributed by atoms with Crippen LogP contribution in [0.4, 0.5) is 0 Å². The van der Waals surface area contributed by atoms with E-state index in [4.69, 9.17) is 10.4 Å². The van der Waals surface area contributed by atoms with Crippen LogP contribution in [-0.4, -0.2) is 28.2 Å². The number of carbonyl (C=O) groups excluding carboxylic acids is 1. The molecule has 0 unspecified atom stereocenters. The summed E-state index contributed by atoms with van der Waals surface area (Å²) in [6.45, 7) is 1.46. The van der Waals surface area contributed by atoms with E-state index < -0.39 is 4.81 Å². The van der Waals surface area contributed by atoms with Gasteiger partial charge in [0.05, 0.1) is 0 Å². The standard InChI is InChI=1S/C3H8NO3/c1-2-4(6,7)3-5/h3,6-7H,2H2,1H3/q+1. The molecule has 0 rings (SSSR count). The second-order valence-electron chi connectivity index (χ2n) is 1.21. The number of hydrogen-bond donors (Lipinski definition) is 2. The van der Waals surface area contributed by atoms with Crippen LogP contribution in [0.1, 0.15) is 6.92 Å². The summed E-state index contributed by atoms with van der Waals surface area (Å²) < 4.78 is 0. The average Bonchev–Trinajstić information content (AvgIpc) is 1.68. The van der Waals surface area contributed by atoms with Crippen LogP contribution in [0.15, 0.2) is 0 Å². The maximum Gasteiger partial charge on any atom is 0.366 e. The maximum atomic E-state index is 9.53. The van der Waals surface area contributed by atoms with E-state index in [2.05, 4.69) is 0 Å². The van der Waals surface area contributed by atoms with Crippen molar-refractivity contribution in [3.05, 3.63) is 0 Å². The molecule has 0 saturated carbocycles. The highest BCUT2D eigenvalue weighted by atomic mass is 16.8. The molecule has 0 aliphatic rings. The van der Waals surface area contributed by atoms with E-state index in [1.165, 1.54) is 6.92 Å². The topological polar surface area (TPSA) is 57.5 Å². The smallest absolute Gasteiger partial charge is 0.227 e. The minimum absolute atomic E-state index is 0.0243. The zero-order chi connectivity index (χ0) is 5.91. The zero-order valence-corrected chi connectivity index (χ0v) is 4.03. The molecule has 0 aliphatic heterocycles. The van der Waals surface area contributed by atoms with Crippen molar-refractivity contribution in [2.75, 3.05) is 6.54 Å². The van der Waals surface area contributed by atoms with Crippen molar-refractivity contribution in [1.29, 1.82) is 0 Å². The first-order valence-electron chi connectivity index (χ1n) is 1.92. The average molecular weight is 106 g/mol. The second-order valence-corrected chi connectivity index (χ2v) is 1.21. The first kappa shape index (κ1) is 6.55. The van der Waals surface area contributed by atoms with E-state index in [1.807, 2.05) is 0 Å². The van der Waals surface area contributed by atoms with E-state index in [1.54, 1.807) is 0 Å². The Morgan fingerprint density at radius 2 is 2.14 bits per heavy atom. The summed E-state index contributed by atoms with van der Waals surface area (Å²) >= 11 is 0. The van der Waals surface area contributed by atoms with Crippen LogP contribution in [0.25, 0.3) is 0 Å². The Morgan fingerprint density at radius 1 is 1.71 bits per heavy atom. The molecule has 0 radical (unpaired) electrons. The molecule has 0 heterocycles. The lowest BCUT2D eigenvalue weighted by Crippen LogP contribution is -2.38. The summed E-state index contributed by atoms with van der Waals surface area (Å²) in [6, 6.07) is 0. The van der Waals surface area contributed by atoms with Crippen LogP contribution in [-0.2, 0) is 4.79 Å². The van der Waals surface area contributed by atoms with Gasteiger partial charge in [-0.1, -0.05) is 0 Å². The van der Waals surface area contributed by atoms with Gasteiger partial charge in [0.1, 0.15) is 6.54 Å². The van der Waals surface area contributed by atoms with Crippen LogP contribution in [0.2, 0.25) is 0 Å². The number of carbonyl (C=O) groups is 1. The van der Waals surface area contributed by atoms with Crippen molar-refractivity contribution in [2.45, 2.75) is 6.92 Å². The molecule has 2 N–H and O–H groups in total. The third-order valence-electron chi connectivity index (χ3n) is 0.634. The Kier molecular flexibility index (Phi) is 1.89. The van der Waals surface area contributed by atoms with Gasteiger partial charge in [-0.05, 0) is 6.92 Å². The van der Waals surface area contributed by atoms with E-state index in [-0.39, 0.29) is 13.0 Å². The predicted octanol–water partition coefficient (Wildman–Crippen LogP) is -0.242. The van der Waals surface area contributed by atoms with E-state index in [0.29, 0.717) is 0 Å². The summed E-state index contributed by atoms with van der Waals surface area (Å²) in [5.41, 5.74) is 0. The normalized spacial score (nSPS) is 11.3. The van der Waals surface area contributed by atoms with Crippen LogP contribution < -0.4 is 0 Å². The predicted molar refractivity (Wildman–Crippen MR) is 20.4 cm³/mol. The SMILES string of the molecule is CC[N+](O)(O)C=O. The summed E-state index contributed by atoms with van der Waals surface area (Å²) in [4.78, 5) is 7.99. The molecule has 4 nitrogen and oxygen atoms in total. The third kappa shape index (κ3) is 2.27. The molecule has 0 aromatic heterocycles. The lowest BCUT2D eigenvalue weighted by atomic mass is 10.7. The number of rotatable bonds is 2. The first-order valence-corrected chi connectivity index (χ1v) is 1.92. The number of quaternary nitrogens is 1. The Morgan fingerprint density at radius 3 is 2.14 bits per heavy atom. The molecule has 0 aromatic rings. The molecule has 42 valence electrons. The Bertz CT molecular complexity index is 70.6. The number of hydroxylamine groups is 4. The van der Waals surface area contributed by atoms with Crippen molar-refractivity contribution in [1.82, 2.24) is 0 Å². The highest BCUT2D eigenvalue weighted by Crippen LogP contribution is 1.84. The van der Waals surface area contributed by atoms with Gasteiger partial charge in [-0.15, -0.1) is 0 Å².